The van der Waals surface area contributed by atoms with Crippen molar-refractivity contribution in [3.63, 3.8) is 0 Å². The molecule has 2 aromatic rings. The Balaban J connectivity index is 0.00000225. The number of hydrogen-bond donors (Lipinski definition) is 0. The average molecular weight is 499 g/mol. The molecule has 0 aliphatic carbocycles. The van der Waals surface area contributed by atoms with E-state index < -0.39 is 4.92 Å². The number of halogens is 1. The van der Waals surface area contributed by atoms with E-state index in [0.717, 1.165) is 28.6 Å². The van der Waals surface area contributed by atoms with E-state index in [1.54, 1.807) is 13.0 Å². The third kappa shape index (κ3) is 3.86. The van der Waals surface area contributed by atoms with Crippen LogP contribution in [0.1, 0.15) is 43.0 Å². The van der Waals surface area contributed by atoms with E-state index in [2.05, 4.69) is 24.4 Å². The molecule has 1 unspecified atom stereocenters. The Morgan fingerprint density at radius 2 is 1.96 bits per heavy atom. The van der Waals surface area contributed by atoms with Crippen LogP contribution in [0.3, 0.4) is 0 Å². The number of nitro groups is 1. The molecule has 2 aliphatic rings. The molecule has 2 aliphatic heterocycles. The van der Waals surface area contributed by atoms with Gasteiger partial charge < -0.3 is 33.2 Å². The summed E-state index contributed by atoms with van der Waals surface area (Å²) < 4.78 is 8.95. The predicted molar refractivity (Wildman–Crippen MR) is 99.4 cm³/mol. The van der Waals surface area contributed by atoms with E-state index in [4.69, 9.17) is 4.74 Å². The van der Waals surface area contributed by atoms with Gasteiger partial charge in [-0.2, -0.15) is 0 Å². The fourth-order valence-electron chi connectivity index (χ4n) is 4.69. The molecule has 152 valence electrons. The van der Waals surface area contributed by atoms with Gasteiger partial charge in [0.25, 0.3) is 5.69 Å². The maximum absolute atomic E-state index is 10.8. The highest BCUT2D eigenvalue weighted by Gasteiger charge is 2.49. The Bertz CT molecular complexity index is 853. The van der Waals surface area contributed by atoms with E-state index in [-0.39, 0.29) is 29.7 Å². The predicted octanol–water partition coefficient (Wildman–Crippen LogP) is 0.0200. The molecular weight excluding hydrogens is 473 g/mol. The van der Waals surface area contributed by atoms with Gasteiger partial charge in [0.15, 0.2) is 0 Å². The molecular formula is C19H26IN5O3. The lowest BCUT2D eigenvalue weighted by atomic mass is 9.96. The number of hydrogen-bond acceptors (Lipinski definition) is 5. The largest absolute Gasteiger partial charge is 1.00 e. The molecule has 0 N–H and O–H groups in total. The summed E-state index contributed by atoms with van der Waals surface area (Å²) in [6.07, 6.45) is 6.88. The fraction of sp³-hybridized carbons (Fsp3) is 0.579. The van der Waals surface area contributed by atoms with Crippen LogP contribution < -0.4 is 28.7 Å². The third-order valence-corrected chi connectivity index (χ3v) is 6.48. The topological polar surface area (TPSA) is 83.1 Å². The van der Waals surface area contributed by atoms with Crippen LogP contribution in [0, 0.1) is 17.0 Å². The minimum atomic E-state index is -0.403. The number of nitro benzene ring substituents is 1. The molecule has 0 radical (unpaired) electrons. The number of nitrogens with zero attached hydrogens (tertiary/aromatic N) is 5. The Hall–Kier alpha value is -1.75. The molecule has 2 saturated heterocycles. The minimum Gasteiger partial charge on any atom is -1.00 e. The zero-order valence-electron chi connectivity index (χ0n) is 16.4. The van der Waals surface area contributed by atoms with E-state index in [0.29, 0.717) is 30.5 Å². The zero-order chi connectivity index (χ0) is 19.2. The van der Waals surface area contributed by atoms with Gasteiger partial charge in [0.1, 0.15) is 18.1 Å². The van der Waals surface area contributed by atoms with Crippen molar-refractivity contribution in [3.8, 4) is 5.75 Å². The van der Waals surface area contributed by atoms with Crippen LogP contribution in [-0.2, 0) is 6.61 Å². The number of ether oxygens (including phenoxy) is 1. The second-order valence-electron chi connectivity index (χ2n) is 8.32. The molecule has 9 heteroatoms. The molecule has 8 nitrogen and oxygen atoms in total. The molecule has 2 bridgehead atoms. The van der Waals surface area contributed by atoms with Gasteiger partial charge in [0.05, 0.1) is 43.3 Å². The molecule has 28 heavy (non-hydrogen) atoms. The average Bonchev–Trinajstić information content (AvgIpc) is 3.10. The monoisotopic (exact) mass is 499 g/mol. The number of rotatable bonds is 5. The molecule has 0 saturated carbocycles. The number of piperidine rings is 1. The second kappa shape index (κ2) is 7.94. The van der Waals surface area contributed by atoms with Crippen LogP contribution in [-0.4, -0.2) is 50.6 Å². The minimum absolute atomic E-state index is 0. The van der Waals surface area contributed by atoms with Crippen LogP contribution >= 0.6 is 0 Å². The number of benzene rings is 1. The highest BCUT2D eigenvalue weighted by molar-refractivity contribution is 5.42. The standard InChI is InChI=1S/C19H26N5O3.HI/c1-13-8-15(23(25)26)4-7-19(13)27-12-14-11-22(21-20-14)16-9-17-5-6-18(10-16)24(17,2)3;/h4,7-8,11,16-18H,5-6,9-10,12H2,1-3H3;1H/q+1;/p-1/t16?,17-,18+;. The van der Waals surface area contributed by atoms with Gasteiger partial charge >= 0.3 is 0 Å². The first-order valence-electron chi connectivity index (χ1n) is 9.46. The van der Waals surface area contributed by atoms with Crippen molar-refractivity contribution in [1.82, 2.24) is 15.0 Å². The number of quaternary nitrogens is 1. The quantitative estimate of drug-likeness (QED) is 0.251. The molecule has 0 amide bonds. The van der Waals surface area contributed by atoms with Crippen molar-refractivity contribution in [2.24, 2.45) is 0 Å². The molecule has 2 fully saturated rings. The Morgan fingerprint density at radius 1 is 1.29 bits per heavy atom. The van der Waals surface area contributed by atoms with Crippen molar-refractivity contribution in [2.45, 2.75) is 57.3 Å². The van der Waals surface area contributed by atoms with E-state index in [9.17, 15) is 10.1 Å². The highest BCUT2D eigenvalue weighted by atomic mass is 127. The summed E-state index contributed by atoms with van der Waals surface area (Å²) >= 11 is 0. The molecule has 3 heterocycles. The number of fused-ring (bicyclic) bond motifs is 2. The zero-order valence-corrected chi connectivity index (χ0v) is 18.6. The van der Waals surface area contributed by atoms with E-state index in [1.165, 1.54) is 25.0 Å². The second-order valence-corrected chi connectivity index (χ2v) is 8.32. The molecule has 1 aromatic carbocycles. The Kier molecular flexibility index (Phi) is 5.95. The summed E-state index contributed by atoms with van der Waals surface area (Å²) in [7, 11) is 4.71. The first-order chi connectivity index (χ1) is 12.8. The Labute approximate surface area is 181 Å². The van der Waals surface area contributed by atoms with Crippen molar-refractivity contribution in [3.05, 3.63) is 45.8 Å². The molecule has 4 rings (SSSR count). The SMILES string of the molecule is Cc1cc([N+](=O)[O-])ccc1OCc1cn(C2C[C@H]3CC[C@@H](C2)[N+]3(C)C)nn1.[I-]. The maximum atomic E-state index is 10.8. The summed E-state index contributed by atoms with van der Waals surface area (Å²) in [5.74, 6) is 0.630. The lowest BCUT2D eigenvalue weighted by molar-refractivity contribution is -0.931. The fourth-order valence-corrected chi connectivity index (χ4v) is 4.69. The molecule has 1 aromatic heterocycles. The first kappa shape index (κ1) is 21.0. The van der Waals surface area contributed by atoms with E-state index >= 15 is 0 Å². The highest BCUT2D eigenvalue weighted by Crippen LogP contribution is 2.43. The number of non-ortho nitro benzene ring substituents is 1. The lowest BCUT2D eigenvalue weighted by Gasteiger charge is -2.44. The van der Waals surface area contributed by atoms with Crippen molar-refractivity contribution in [1.29, 1.82) is 0 Å². The van der Waals surface area contributed by atoms with Crippen LogP contribution in [0.2, 0.25) is 0 Å². The van der Waals surface area contributed by atoms with Gasteiger partial charge in [-0.1, -0.05) is 5.21 Å². The third-order valence-electron chi connectivity index (χ3n) is 6.48. The van der Waals surface area contributed by atoms with Crippen LogP contribution in [0.15, 0.2) is 24.4 Å². The maximum Gasteiger partial charge on any atom is 0.269 e. The summed E-state index contributed by atoms with van der Waals surface area (Å²) in [5.41, 5.74) is 1.58. The van der Waals surface area contributed by atoms with Gasteiger partial charge in [0, 0.05) is 37.8 Å². The molecule has 3 atom stereocenters. The smallest absolute Gasteiger partial charge is 0.269 e. The van der Waals surface area contributed by atoms with Gasteiger partial charge in [-0.15, -0.1) is 5.10 Å². The van der Waals surface area contributed by atoms with Gasteiger partial charge in [0.2, 0.25) is 0 Å². The van der Waals surface area contributed by atoms with Gasteiger partial charge in [-0.05, 0) is 18.6 Å². The van der Waals surface area contributed by atoms with Crippen molar-refractivity contribution < 1.29 is 38.1 Å². The Morgan fingerprint density at radius 3 is 2.57 bits per heavy atom. The summed E-state index contributed by atoms with van der Waals surface area (Å²) in [6.45, 7) is 2.11. The van der Waals surface area contributed by atoms with Crippen molar-refractivity contribution in [2.75, 3.05) is 14.1 Å². The van der Waals surface area contributed by atoms with Gasteiger partial charge in [-0.3, -0.25) is 10.1 Å². The number of aromatic nitrogens is 3. The van der Waals surface area contributed by atoms with Crippen LogP contribution in [0.5, 0.6) is 5.75 Å². The van der Waals surface area contributed by atoms with Gasteiger partial charge in [-0.25, -0.2) is 4.68 Å². The van der Waals surface area contributed by atoms with E-state index in [1.807, 2.05) is 10.9 Å². The van der Waals surface area contributed by atoms with Crippen LogP contribution in [0.4, 0.5) is 5.69 Å². The van der Waals surface area contributed by atoms with Crippen molar-refractivity contribution >= 4 is 5.69 Å². The normalized spacial score (nSPS) is 25.2. The summed E-state index contributed by atoms with van der Waals surface area (Å²) in [6, 6.07) is 6.44. The first-order valence-corrected chi connectivity index (χ1v) is 9.46. The number of aryl methyl sites for hydroxylation is 1. The summed E-state index contributed by atoms with van der Waals surface area (Å²) in [5, 5.41) is 19.4. The summed E-state index contributed by atoms with van der Waals surface area (Å²) in [4.78, 5) is 10.4. The molecule has 0 spiro atoms. The van der Waals surface area contributed by atoms with Crippen LogP contribution in [0.25, 0.3) is 0 Å². The lowest BCUT2D eigenvalue weighted by Crippen LogP contribution is -3.00.